The Balaban J connectivity index is 2.36. The number of hydrogen-bond acceptors (Lipinski definition) is 3. The molecule has 1 N–H and O–H groups in total. The normalized spacial score (nSPS) is 21.8. The summed E-state index contributed by atoms with van der Waals surface area (Å²) < 4.78 is 42.2. The van der Waals surface area contributed by atoms with Crippen molar-refractivity contribution in [3.05, 3.63) is 0 Å². The van der Waals surface area contributed by atoms with Crippen LogP contribution in [0, 0.1) is 23.2 Å². The van der Waals surface area contributed by atoms with E-state index in [0.29, 0.717) is 19.1 Å². The van der Waals surface area contributed by atoms with E-state index in [0.717, 1.165) is 12.8 Å². The van der Waals surface area contributed by atoms with Crippen LogP contribution in [0.2, 0.25) is 0 Å². The van der Waals surface area contributed by atoms with Gasteiger partial charge in [-0.15, -0.1) is 0 Å². The van der Waals surface area contributed by atoms with Crippen LogP contribution in [0.5, 0.6) is 0 Å². The predicted octanol–water partition coefficient (Wildman–Crippen LogP) is 2.09. The Morgan fingerprint density at radius 2 is 2.00 bits per heavy atom. The lowest BCUT2D eigenvalue weighted by atomic mass is 9.92. The molecule has 0 aliphatic carbocycles. The number of nitriles is 1. The second-order valence-electron chi connectivity index (χ2n) is 4.37. The first kappa shape index (κ1) is 14.3. The van der Waals surface area contributed by atoms with Gasteiger partial charge in [-0.25, -0.2) is 0 Å². The van der Waals surface area contributed by atoms with Gasteiger partial charge in [0.2, 0.25) is 0 Å². The highest BCUT2D eigenvalue weighted by Gasteiger charge is 2.40. The number of ether oxygens (including phenoxy) is 1. The molecule has 0 radical (unpaired) electrons. The molecule has 0 aromatic heterocycles. The van der Waals surface area contributed by atoms with Gasteiger partial charge in [-0.1, -0.05) is 0 Å². The summed E-state index contributed by atoms with van der Waals surface area (Å²) in [6.07, 6.45) is -2.73. The van der Waals surface area contributed by atoms with Crippen LogP contribution in [0.3, 0.4) is 0 Å². The Morgan fingerprint density at radius 3 is 2.47 bits per heavy atom. The fraction of sp³-hybridized carbons (Fsp3) is 0.909. The first-order chi connectivity index (χ1) is 7.95. The molecule has 1 aliphatic heterocycles. The lowest BCUT2D eigenvalue weighted by Crippen LogP contribution is -2.41. The van der Waals surface area contributed by atoms with Gasteiger partial charge >= 0.3 is 6.18 Å². The van der Waals surface area contributed by atoms with E-state index in [1.165, 1.54) is 6.07 Å². The van der Waals surface area contributed by atoms with Crippen molar-refractivity contribution in [2.45, 2.75) is 32.0 Å². The van der Waals surface area contributed by atoms with Crippen LogP contribution in [0.15, 0.2) is 0 Å². The highest BCUT2D eigenvalue weighted by atomic mass is 19.4. The topological polar surface area (TPSA) is 45.0 Å². The van der Waals surface area contributed by atoms with E-state index in [-0.39, 0.29) is 12.6 Å². The summed E-state index contributed by atoms with van der Waals surface area (Å²) in [7, 11) is 0. The fourth-order valence-electron chi connectivity index (χ4n) is 1.92. The van der Waals surface area contributed by atoms with Crippen LogP contribution in [0.4, 0.5) is 13.2 Å². The van der Waals surface area contributed by atoms with Gasteiger partial charge in [0.15, 0.2) is 5.92 Å². The van der Waals surface area contributed by atoms with Crippen molar-refractivity contribution in [3.63, 3.8) is 0 Å². The van der Waals surface area contributed by atoms with Crippen molar-refractivity contribution in [3.8, 4) is 6.07 Å². The fourth-order valence-corrected chi connectivity index (χ4v) is 1.92. The maximum Gasteiger partial charge on any atom is 0.405 e. The van der Waals surface area contributed by atoms with Gasteiger partial charge in [-0.3, -0.25) is 0 Å². The molecule has 2 unspecified atom stereocenters. The maximum absolute atomic E-state index is 12.3. The Bertz CT molecular complexity index is 269. The molecule has 98 valence electrons. The molecule has 6 heteroatoms. The molecule has 1 rings (SSSR count). The van der Waals surface area contributed by atoms with Gasteiger partial charge in [-0.05, 0) is 25.7 Å². The molecule has 0 bridgehead atoms. The standard InChI is InChI=1S/C11H17F3N2O/c1-8(9-2-4-17-5-3-9)16-7-10(6-15)11(12,13)14/h8-10,16H,2-5,7H2,1H3. The third kappa shape index (κ3) is 4.52. The third-order valence-electron chi connectivity index (χ3n) is 3.17. The monoisotopic (exact) mass is 250 g/mol. The molecule has 17 heavy (non-hydrogen) atoms. The van der Waals surface area contributed by atoms with E-state index < -0.39 is 12.1 Å². The SMILES string of the molecule is CC(NCC(C#N)C(F)(F)F)C1CCOCC1. The highest BCUT2D eigenvalue weighted by molar-refractivity contribution is 4.91. The summed E-state index contributed by atoms with van der Waals surface area (Å²) >= 11 is 0. The first-order valence-corrected chi connectivity index (χ1v) is 5.72. The van der Waals surface area contributed by atoms with E-state index >= 15 is 0 Å². The molecule has 1 aliphatic rings. The molecule has 3 nitrogen and oxygen atoms in total. The molecule has 1 saturated heterocycles. The zero-order valence-corrected chi connectivity index (χ0v) is 9.76. The zero-order valence-electron chi connectivity index (χ0n) is 9.76. The van der Waals surface area contributed by atoms with Crippen LogP contribution in [-0.2, 0) is 4.74 Å². The summed E-state index contributed by atoms with van der Waals surface area (Å²) in [5.74, 6) is -1.60. The Morgan fingerprint density at radius 1 is 1.41 bits per heavy atom. The molecular formula is C11H17F3N2O. The number of rotatable bonds is 4. The molecule has 0 spiro atoms. The minimum atomic E-state index is -4.45. The maximum atomic E-state index is 12.3. The van der Waals surface area contributed by atoms with Gasteiger partial charge in [0.1, 0.15) is 0 Å². The zero-order chi connectivity index (χ0) is 12.9. The van der Waals surface area contributed by atoms with E-state index in [1.807, 2.05) is 6.92 Å². The molecule has 0 saturated carbocycles. The van der Waals surface area contributed by atoms with Gasteiger partial charge in [0, 0.05) is 25.8 Å². The average Bonchev–Trinajstić information content (AvgIpc) is 2.29. The van der Waals surface area contributed by atoms with Crippen LogP contribution in [-0.4, -0.2) is 32.0 Å². The van der Waals surface area contributed by atoms with Crippen LogP contribution >= 0.6 is 0 Å². The van der Waals surface area contributed by atoms with E-state index in [1.54, 1.807) is 0 Å². The van der Waals surface area contributed by atoms with Crippen molar-refractivity contribution in [2.24, 2.45) is 11.8 Å². The number of hydrogen-bond donors (Lipinski definition) is 1. The van der Waals surface area contributed by atoms with E-state index in [4.69, 9.17) is 10.00 Å². The molecule has 0 aromatic rings. The Hall–Kier alpha value is -0.800. The molecule has 0 amide bonds. The first-order valence-electron chi connectivity index (χ1n) is 5.72. The number of alkyl halides is 3. The Kier molecular flexibility index (Phi) is 5.22. The van der Waals surface area contributed by atoms with Crippen molar-refractivity contribution in [1.29, 1.82) is 5.26 Å². The van der Waals surface area contributed by atoms with Crippen molar-refractivity contribution in [1.82, 2.24) is 5.32 Å². The summed E-state index contributed by atoms with van der Waals surface area (Å²) in [4.78, 5) is 0. The third-order valence-corrected chi connectivity index (χ3v) is 3.17. The summed E-state index contributed by atoms with van der Waals surface area (Å²) in [5, 5.41) is 11.3. The van der Waals surface area contributed by atoms with Crippen LogP contribution in [0.25, 0.3) is 0 Å². The van der Waals surface area contributed by atoms with E-state index in [9.17, 15) is 13.2 Å². The number of nitrogens with zero attached hydrogens (tertiary/aromatic N) is 1. The van der Waals surface area contributed by atoms with Crippen LogP contribution < -0.4 is 5.32 Å². The second-order valence-corrected chi connectivity index (χ2v) is 4.37. The smallest absolute Gasteiger partial charge is 0.381 e. The average molecular weight is 250 g/mol. The quantitative estimate of drug-likeness (QED) is 0.831. The molecule has 1 fully saturated rings. The summed E-state index contributed by atoms with van der Waals surface area (Å²) in [5.41, 5.74) is 0. The van der Waals surface area contributed by atoms with Crippen molar-refractivity contribution in [2.75, 3.05) is 19.8 Å². The largest absolute Gasteiger partial charge is 0.405 e. The summed E-state index contributed by atoms with van der Waals surface area (Å²) in [6.45, 7) is 2.86. The second kappa shape index (κ2) is 6.22. The van der Waals surface area contributed by atoms with Crippen LogP contribution in [0.1, 0.15) is 19.8 Å². The summed E-state index contributed by atoms with van der Waals surface area (Å²) in [6, 6.07) is 1.27. The molecule has 2 atom stereocenters. The number of nitrogens with one attached hydrogen (secondary N) is 1. The van der Waals surface area contributed by atoms with Crippen molar-refractivity contribution < 1.29 is 17.9 Å². The lowest BCUT2D eigenvalue weighted by molar-refractivity contribution is -0.158. The Labute approximate surface area is 98.9 Å². The van der Waals surface area contributed by atoms with Gasteiger partial charge in [0.25, 0.3) is 0 Å². The van der Waals surface area contributed by atoms with E-state index in [2.05, 4.69) is 5.32 Å². The van der Waals surface area contributed by atoms with Gasteiger partial charge in [-0.2, -0.15) is 18.4 Å². The molecule has 1 heterocycles. The molecular weight excluding hydrogens is 233 g/mol. The van der Waals surface area contributed by atoms with Crippen molar-refractivity contribution >= 4 is 0 Å². The molecule has 0 aromatic carbocycles. The van der Waals surface area contributed by atoms with Gasteiger partial charge in [0.05, 0.1) is 6.07 Å². The number of halogens is 3. The minimum absolute atomic E-state index is 0.0166. The lowest BCUT2D eigenvalue weighted by Gasteiger charge is -2.29. The minimum Gasteiger partial charge on any atom is -0.381 e. The van der Waals surface area contributed by atoms with Gasteiger partial charge < -0.3 is 10.1 Å². The highest BCUT2D eigenvalue weighted by Crippen LogP contribution is 2.25. The predicted molar refractivity (Wildman–Crippen MR) is 56.2 cm³/mol.